The molecular weight excluding hydrogens is 343 g/mol. The molecule has 2 amide bonds. The molecular formula is C20H29BN2O4. The topological polar surface area (TPSA) is 67.9 Å². The normalized spacial score (nSPS) is 29.9. The lowest BCUT2D eigenvalue weighted by Crippen LogP contribution is -2.56. The number of nitrogens with one attached hydrogen (secondary N) is 1. The molecule has 2 fully saturated rings. The van der Waals surface area contributed by atoms with Gasteiger partial charge in [-0.2, -0.15) is 0 Å². The average molecular weight is 372 g/mol. The van der Waals surface area contributed by atoms with E-state index in [4.69, 9.17) is 17.3 Å². The van der Waals surface area contributed by atoms with Crippen LogP contribution in [0.5, 0.6) is 0 Å². The summed E-state index contributed by atoms with van der Waals surface area (Å²) < 4.78 is 10.9. The van der Waals surface area contributed by atoms with Gasteiger partial charge in [0, 0.05) is 18.1 Å². The Morgan fingerprint density at radius 1 is 1.30 bits per heavy atom. The molecule has 0 aromatic rings. The minimum atomic E-state index is -0.540. The largest absolute Gasteiger partial charge is 0.445 e. The fourth-order valence-electron chi connectivity index (χ4n) is 4.11. The molecule has 0 aromatic heterocycles. The Morgan fingerprint density at radius 2 is 2.07 bits per heavy atom. The number of ether oxygens (including phenoxy) is 2. The number of carbonyl (C=O) groups is 2. The zero-order valence-corrected chi connectivity index (χ0v) is 16.4. The highest BCUT2D eigenvalue weighted by Gasteiger charge is 2.48. The summed E-state index contributed by atoms with van der Waals surface area (Å²) in [6.07, 6.45) is 9.71. The molecule has 3 aliphatic rings. The van der Waals surface area contributed by atoms with Gasteiger partial charge in [-0.3, -0.25) is 0 Å². The van der Waals surface area contributed by atoms with Crippen molar-refractivity contribution in [1.82, 2.24) is 10.2 Å². The Kier molecular flexibility index (Phi) is 5.87. The van der Waals surface area contributed by atoms with Crippen molar-refractivity contribution in [2.75, 3.05) is 6.61 Å². The molecule has 146 valence electrons. The van der Waals surface area contributed by atoms with E-state index in [1.807, 2.05) is 26.8 Å². The van der Waals surface area contributed by atoms with E-state index in [1.165, 1.54) is 0 Å². The van der Waals surface area contributed by atoms with Gasteiger partial charge in [-0.15, -0.1) is 0 Å². The predicted molar refractivity (Wildman–Crippen MR) is 104 cm³/mol. The van der Waals surface area contributed by atoms with Crippen molar-refractivity contribution in [3.8, 4) is 0 Å². The fourth-order valence-corrected chi connectivity index (χ4v) is 4.11. The van der Waals surface area contributed by atoms with Gasteiger partial charge in [0.25, 0.3) is 0 Å². The maximum absolute atomic E-state index is 12.5. The molecule has 1 aliphatic carbocycles. The van der Waals surface area contributed by atoms with Crippen LogP contribution in [0.2, 0.25) is 5.82 Å². The first-order chi connectivity index (χ1) is 12.7. The second-order valence-corrected chi connectivity index (χ2v) is 8.58. The minimum absolute atomic E-state index is 0.0407. The second kappa shape index (κ2) is 7.99. The van der Waals surface area contributed by atoms with Crippen LogP contribution < -0.4 is 5.32 Å². The molecule has 1 N–H and O–H groups in total. The number of alkyl carbamates (subject to hydrolysis) is 1. The van der Waals surface area contributed by atoms with Gasteiger partial charge in [0.1, 0.15) is 12.2 Å². The van der Waals surface area contributed by atoms with Crippen molar-refractivity contribution in [3.63, 3.8) is 0 Å². The number of piperidine rings is 1. The van der Waals surface area contributed by atoms with Crippen LogP contribution in [-0.4, -0.2) is 55.3 Å². The van der Waals surface area contributed by atoms with E-state index in [-0.39, 0.29) is 36.6 Å². The van der Waals surface area contributed by atoms with E-state index in [0.717, 1.165) is 31.3 Å². The van der Waals surface area contributed by atoms with Gasteiger partial charge in [-0.1, -0.05) is 18.2 Å². The molecule has 2 bridgehead atoms. The third kappa shape index (κ3) is 4.88. The smallest absolute Gasteiger partial charge is 0.410 e. The first-order valence-electron chi connectivity index (χ1n) is 9.80. The number of hydrogen-bond acceptors (Lipinski definition) is 4. The quantitative estimate of drug-likeness (QED) is 0.771. The van der Waals surface area contributed by atoms with Gasteiger partial charge >= 0.3 is 12.2 Å². The molecule has 0 aromatic carbocycles. The SMILES string of the molecule is [B][C@@H]1C(NC(=O)OCC2=CCCC=C2)CC2CCC1N2C(=O)OC(C)(C)C. The van der Waals surface area contributed by atoms with Crippen LogP contribution in [0.3, 0.4) is 0 Å². The predicted octanol–water partition coefficient (Wildman–Crippen LogP) is 3.49. The molecule has 2 radical (unpaired) electrons. The molecule has 0 saturated carbocycles. The first kappa shape index (κ1) is 19.8. The highest BCUT2D eigenvalue weighted by Crippen LogP contribution is 2.41. The summed E-state index contributed by atoms with van der Waals surface area (Å²) in [5, 5.41) is 2.90. The van der Waals surface area contributed by atoms with Crippen molar-refractivity contribution >= 4 is 20.0 Å². The van der Waals surface area contributed by atoms with E-state index in [2.05, 4.69) is 17.5 Å². The first-order valence-corrected chi connectivity index (χ1v) is 9.80. The van der Waals surface area contributed by atoms with Crippen LogP contribution in [0.15, 0.2) is 23.8 Å². The lowest BCUT2D eigenvalue weighted by atomic mass is 9.72. The van der Waals surface area contributed by atoms with Crippen LogP contribution in [0.4, 0.5) is 9.59 Å². The number of hydrogen-bond donors (Lipinski definition) is 1. The van der Waals surface area contributed by atoms with Crippen molar-refractivity contribution in [2.24, 2.45) is 0 Å². The second-order valence-electron chi connectivity index (χ2n) is 8.58. The summed E-state index contributed by atoms with van der Waals surface area (Å²) in [7, 11) is 6.40. The number of allylic oxidation sites excluding steroid dienone is 2. The van der Waals surface area contributed by atoms with Crippen molar-refractivity contribution in [3.05, 3.63) is 23.8 Å². The zero-order valence-electron chi connectivity index (χ0n) is 16.4. The summed E-state index contributed by atoms with van der Waals surface area (Å²) >= 11 is 0. The Morgan fingerprint density at radius 3 is 2.74 bits per heavy atom. The third-order valence-corrected chi connectivity index (χ3v) is 5.33. The lowest BCUT2D eigenvalue weighted by molar-refractivity contribution is 0.00503. The monoisotopic (exact) mass is 372 g/mol. The van der Waals surface area contributed by atoms with Crippen LogP contribution >= 0.6 is 0 Å². The highest BCUT2D eigenvalue weighted by molar-refractivity contribution is 6.13. The third-order valence-electron chi connectivity index (χ3n) is 5.33. The Labute approximate surface area is 162 Å². The molecule has 3 rings (SSSR count). The Balaban J connectivity index is 1.54. The molecule has 3 unspecified atom stereocenters. The van der Waals surface area contributed by atoms with Crippen LogP contribution in [0, 0.1) is 0 Å². The number of carbonyl (C=O) groups excluding carboxylic acids is 2. The van der Waals surface area contributed by atoms with Gasteiger partial charge in [0.15, 0.2) is 0 Å². The maximum Gasteiger partial charge on any atom is 0.410 e. The zero-order chi connectivity index (χ0) is 19.6. The summed E-state index contributed by atoms with van der Waals surface area (Å²) in [5.74, 6) is -0.336. The molecule has 2 aliphatic heterocycles. The van der Waals surface area contributed by atoms with E-state index < -0.39 is 11.7 Å². The lowest BCUT2D eigenvalue weighted by Gasteiger charge is -2.43. The van der Waals surface area contributed by atoms with Crippen molar-refractivity contribution in [2.45, 2.75) is 82.4 Å². The fraction of sp³-hybridized carbons (Fsp3) is 0.700. The van der Waals surface area contributed by atoms with E-state index in [0.29, 0.717) is 6.42 Å². The molecule has 2 heterocycles. The van der Waals surface area contributed by atoms with Gasteiger partial charge < -0.3 is 19.7 Å². The van der Waals surface area contributed by atoms with Gasteiger partial charge in [0.05, 0.1) is 7.85 Å². The summed E-state index contributed by atoms with van der Waals surface area (Å²) in [5.41, 5.74) is 0.474. The molecule has 7 heteroatoms. The van der Waals surface area contributed by atoms with E-state index >= 15 is 0 Å². The summed E-state index contributed by atoms with van der Waals surface area (Å²) in [4.78, 5) is 26.5. The van der Waals surface area contributed by atoms with Crippen molar-refractivity contribution < 1.29 is 19.1 Å². The van der Waals surface area contributed by atoms with E-state index in [1.54, 1.807) is 4.90 Å². The number of fused-ring (bicyclic) bond motifs is 2. The van der Waals surface area contributed by atoms with Crippen LogP contribution in [0.25, 0.3) is 0 Å². The van der Waals surface area contributed by atoms with Crippen LogP contribution in [-0.2, 0) is 9.47 Å². The molecule has 0 spiro atoms. The standard InChI is InChI=1S/C20H29BN2O4/c1-20(2,3)27-19(25)23-14-9-10-16(23)17(21)15(11-14)22-18(24)26-12-13-7-5-4-6-8-13/h5,7-8,14-17H,4,6,9-12H2,1-3H3,(H,22,24)/t14?,15?,16?,17-/m1/s1. The summed E-state index contributed by atoms with van der Waals surface area (Å²) in [6, 6.07) is -0.281. The highest BCUT2D eigenvalue weighted by atomic mass is 16.6. The molecule has 2 saturated heterocycles. The van der Waals surface area contributed by atoms with Crippen LogP contribution in [0.1, 0.15) is 52.9 Å². The van der Waals surface area contributed by atoms with E-state index in [9.17, 15) is 9.59 Å². The Bertz CT molecular complexity index is 640. The van der Waals surface area contributed by atoms with Crippen molar-refractivity contribution in [1.29, 1.82) is 0 Å². The van der Waals surface area contributed by atoms with Gasteiger partial charge in [-0.25, -0.2) is 9.59 Å². The molecule has 4 atom stereocenters. The molecule has 27 heavy (non-hydrogen) atoms. The minimum Gasteiger partial charge on any atom is -0.445 e. The number of nitrogens with zero attached hydrogens (tertiary/aromatic N) is 1. The van der Waals surface area contributed by atoms with Gasteiger partial charge in [-0.05, 0) is 64.3 Å². The number of rotatable bonds is 3. The summed E-state index contributed by atoms with van der Waals surface area (Å²) in [6.45, 7) is 5.83. The maximum atomic E-state index is 12.5. The number of amides is 2. The molecule has 6 nitrogen and oxygen atoms in total. The Hall–Kier alpha value is -1.92. The van der Waals surface area contributed by atoms with Gasteiger partial charge in [0.2, 0.25) is 0 Å². The average Bonchev–Trinajstić information content (AvgIpc) is 2.95.